The van der Waals surface area contributed by atoms with Crippen LogP contribution in [0.4, 0.5) is 5.69 Å². The van der Waals surface area contributed by atoms with Crippen LogP contribution < -0.4 is 5.73 Å². The summed E-state index contributed by atoms with van der Waals surface area (Å²) < 4.78 is 5.21. The molecule has 2 nitrogen and oxygen atoms in total. The molecule has 5 heteroatoms. The number of benzene rings is 1. The number of anilines is 1. The summed E-state index contributed by atoms with van der Waals surface area (Å²) in [6.45, 7) is 1.90. The fourth-order valence-corrected chi connectivity index (χ4v) is 2.54. The van der Waals surface area contributed by atoms with Gasteiger partial charge in [-0.05, 0) is 25.1 Å². The van der Waals surface area contributed by atoms with Gasteiger partial charge in [0.1, 0.15) is 5.76 Å². The molecule has 0 aliphatic carbocycles. The summed E-state index contributed by atoms with van der Waals surface area (Å²) in [4.78, 5) is 1.89. The van der Waals surface area contributed by atoms with Crippen LogP contribution in [0.1, 0.15) is 5.76 Å². The fourth-order valence-electron chi connectivity index (χ4n) is 1.23. The minimum Gasteiger partial charge on any atom is -0.468 e. The van der Waals surface area contributed by atoms with Crippen LogP contribution in [-0.2, 0) is 0 Å². The predicted octanol–water partition coefficient (Wildman–Crippen LogP) is 4.63. The smallest absolute Gasteiger partial charge is 0.114 e. The van der Waals surface area contributed by atoms with Gasteiger partial charge in [0.2, 0.25) is 0 Å². The quantitative estimate of drug-likeness (QED) is 0.811. The summed E-state index contributed by atoms with van der Waals surface area (Å²) >= 11 is 13.3. The van der Waals surface area contributed by atoms with Crippen molar-refractivity contribution in [2.45, 2.75) is 16.7 Å². The van der Waals surface area contributed by atoms with Crippen molar-refractivity contribution in [2.75, 3.05) is 5.73 Å². The number of furan rings is 1. The van der Waals surface area contributed by atoms with Gasteiger partial charge in [-0.25, -0.2) is 0 Å². The van der Waals surface area contributed by atoms with Crippen LogP contribution in [0.2, 0.25) is 10.0 Å². The first-order valence-corrected chi connectivity index (χ1v) is 6.11. The highest BCUT2D eigenvalue weighted by atomic mass is 35.5. The van der Waals surface area contributed by atoms with Crippen molar-refractivity contribution >= 4 is 40.7 Å². The summed E-state index contributed by atoms with van der Waals surface area (Å²) in [7, 11) is 0. The van der Waals surface area contributed by atoms with E-state index in [1.165, 1.54) is 11.8 Å². The zero-order valence-corrected chi connectivity index (χ0v) is 10.8. The number of hydrogen-bond acceptors (Lipinski definition) is 3. The van der Waals surface area contributed by atoms with E-state index >= 15 is 0 Å². The lowest BCUT2D eigenvalue weighted by Crippen LogP contribution is -1.88. The molecular formula is C11H9Cl2NOS. The normalized spacial score (nSPS) is 10.7. The Morgan fingerprint density at radius 1 is 1.19 bits per heavy atom. The highest BCUT2D eigenvalue weighted by molar-refractivity contribution is 7.99. The van der Waals surface area contributed by atoms with Crippen LogP contribution in [0.15, 0.2) is 38.7 Å². The van der Waals surface area contributed by atoms with Gasteiger partial charge in [-0.1, -0.05) is 35.0 Å². The second kappa shape index (κ2) is 4.62. The second-order valence-corrected chi connectivity index (χ2v) is 5.15. The molecule has 0 unspecified atom stereocenters. The van der Waals surface area contributed by atoms with Crippen LogP contribution >= 0.6 is 35.0 Å². The third-order valence-corrected chi connectivity index (χ3v) is 4.02. The van der Waals surface area contributed by atoms with E-state index in [0.29, 0.717) is 15.7 Å². The van der Waals surface area contributed by atoms with Gasteiger partial charge in [0.15, 0.2) is 0 Å². The SMILES string of the molecule is Cc1occc1Sc1cc(Cl)c(Cl)cc1N. The van der Waals surface area contributed by atoms with Crippen molar-refractivity contribution in [1.29, 1.82) is 0 Å². The fraction of sp³-hybridized carbons (Fsp3) is 0.0909. The van der Waals surface area contributed by atoms with E-state index < -0.39 is 0 Å². The van der Waals surface area contributed by atoms with Crippen LogP contribution in [0.5, 0.6) is 0 Å². The number of halogens is 2. The van der Waals surface area contributed by atoms with E-state index in [-0.39, 0.29) is 0 Å². The van der Waals surface area contributed by atoms with Crippen molar-refractivity contribution < 1.29 is 4.42 Å². The molecule has 2 rings (SSSR count). The molecule has 0 spiro atoms. The highest BCUT2D eigenvalue weighted by Crippen LogP contribution is 2.38. The Hall–Kier alpha value is -0.770. The van der Waals surface area contributed by atoms with E-state index in [0.717, 1.165) is 15.6 Å². The third kappa shape index (κ3) is 2.32. The Balaban J connectivity index is 2.35. The van der Waals surface area contributed by atoms with Gasteiger partial charge in [-0.15, -0.1) is 0 Å². The summed E-state index contributed by atoms with van der Waals surface area (Å²) in [6, 6.07) is 5.31. The minimum absolute atomic E-state index is 0.465. The van der Waals surface area contributed by atoms with Gasteiger partial charge in [0, 0.05) is 10.6 Å². The third-order valence-electron chi connectivity index (χ3n) is 2.08. The predicted molar refractivity (Wildman–Crippen MR) is 68.4 cm³/mol. The van der Waals surface area contributed by atoms with Crippen molar-refractivity contribution in [2.24, 2.45) is 0 Å². The number of rotatable bonds is 2. The van der Waals surface area contributed by atoms with Crippen molar-refractivity contribution in [1.82, 2.24) is 0 Å². The highest BCUT2D eigenvalue weighted by Gasteiger charge is 2.09. The molecular weight excluding hydrogens is 265 g/mol. The average molecular weight is 274 g/mol. The minimum atomic E-state index is 0.465. The maximum Gasteiger partial charge on any atom is 0.114 e. The Bertz CT molecular complexity index is 525. The van der Waals surface area contributed by atoms with Crippen LogP contribution in [0.25, 0.3) is 0 Å². The molecule has 2 aromatic rings. The van der Waals surface area contributed by atoms with E-state index in [1.54, 1.807) is 18.4 Å². The Morgan fingerprint density at radius 3 is 2.50 bits per heavy atom. The van der Waals surface area contributed by atoms with Gasteiger partial charge < -0.3 is 10.2 Å². The topological polar surface area (TPSA) is 39.2 Å². The summed E-state index contributed by atoms with van der Waals surface area (Å²) in [5, 5.41) is 0.965. The summed E-state index contributed by atoms with van der Waals surface area (Å²) in [6.07, 6.45) is 1.64. The summed E-state index contributed by atoms with van der Waals surface area (Å²) in [5.74, 6) is 0.857. The zero-order valence-electron chi connectivity index (χ0n) is 8.46. The largest absolute Gasteiger partial charge is 0.468 e. The first-order valence-electron chi connectivity index (χ1n) is 4.54. The number of aryl methyl sites for hydroxylation is 1. The molecule has 1 heterocycles. The molecule has 1 aromatic carbocycles. The van der Waals surface area contributed by atoms with Gasteiger partial charge in [-0.3, -0.25) is 0 Å². The molecule has 0 atom stereocenters. The lowest BCUT2D eigenvalue weighted by molar-refractivity contribution is 0.527. The molecule has 0 fully saturated rings. The van der Waals surface area contributed by atoms with E-state index in [1.807, 2.05) is 13.0 Å². The molecule has 0 saturated heterocycles. The Kier molecular flexibility index (Phi) is 3.38. The van der Waals surface area contributed by atoms with Crippen LogP contribution in [0, 0.1) is 6.92 Å². The molecule has 0 saturated carbocycles. The monoisotopic (exact) mass is 273 g/mol. The molecule has 16 heavy (non-hydrogen) atoms. The molecule has 0 radical (unpaired) electrons. The van der Waals surface area contributed by atoms with Crippen molar-refractivity contribution in [3.63, 3.8) is 0 Å². The molecule has 1 aromatic heterocycles. The lowest BCUT2D eigenvalue weighted by Gasteiger charge is -2.06. The maximum atomic E-state index is 5.94. The van der Waals surface area contributed by atoms with E-state index in [4.69, 9.17) is 33.4 Å². The number of nitrogens with two attached hydrogens (primary N) is 1. The van der Waals surface area contributed by atoms with Gasteiger partial charge >= 0.3 is 0 Å². The molecule has 84 valence electrons. The van der Waals surface area contributed by atoms with E-state index in [2.05, 4.69) is 0 Å². The number of nitrogen functional groups attached to an aromatic ring is 1. The number of hydrogen-bond donors (Lipinski definition) is 1. The molecule has 2 N–H and O–H groups in total. The molecule has 0 amide bonds. The van der Waals surface area contributed by atoms with Gasteiger partial charge in [-0.2, -0.15) is 0 Å². The zero-order chi connectivity index (χ0) is 11.7. The van der Waals surface area contributed by atoms with Crippen molar-refractivity contribution in [3.8, 4) is 0 Å². The average Bonchev–Trinajstić information content (AvgIpc) is 2.61. The second-order valence-electron chi connectivity index (χ2n) is 3.25. The van der Waals surface area contributed by atoms with Crippen LogP contribution in [0.3, 0.4) is 0 Å². The lowest BCUT2D eigenvalue weighted by atomic mass is 10.3. The first kappa shape index (κ1) is 11.7. The molecule has 0 aliphatic rings. The van der Waals surface area contributed by atoms with Gasteiger partial charge in [0.25, 0.3) is 0 Å². The Labute approximate surface area is 108 Å². The molecule has 0 aliphatic heterocycles. The molecule has 0 bridgehead atoms. The van der Waals surface area contributed by atoms with Gasteiger partial charge in [0.05, 0.1) is 21.2 Å². The van der Waals surface area contributed by atoms with Crippen LogP contribution in [-0.4, -0.2) is 0 Å². The van der Waals surface area contributed by atoms with E-state index in [9.17, 15) is 0 Å². The summed E-state index contributed by atoms with van der Waals surface area (Å²) in [5.41, 5.74) is 6.47. The maximum absolute atomic E-state index is 5.94. The Morgan fingerprint density at radius 2 is 1.88 bits per heavy atom. The first-order chi connectivity index (χ1) is 7.58. The standard InChI is InChI=1S/C11H9Cl2NOS/c1-6-10(2-3-15-6)16-11-5-8(13)7(12)4-9(11)14/h2-5H,14H2,1H3. The van der Waals surface area contributed by atoms with Crippen molar-refractivity contribution in [3.05, 3.63) is 40.3 Å².